The van der Waals surface area contributed by atoms with Gasteiger partial charge in [0.1, 0.15) is 0 Å². The molecule has 2 rings (SSSR count). The average Bonchev–Trinajstić information content (AvgIpc) is 2.74. The second kappa shape index (κ2) is 5.88. The van der Waals surface area contributed by atoms with Gasteiger partial charge in [0.2, 0.25) is 5.95 Å². The Morgan fingerprint density at radius 1 is 1.37 bits per heavy atom. The Kier molecular flexibility index (Phi) is 4.42. The summed E-state index contributed by atoms with van der Waals surface area (Å²) in [5.74, 6) is 0.864. The average molecular weight is 341 g/mol. The zero-order valence-electron chi connectivity index (χ0n) is 11.2. The first-order chi connectivity index (χ1) is 8.99. The molecule has 19 heavy (non-hydrogen) atoms. The van der Waals surface area contributed by atoms with Crippen molar-refractivity contribution in [3.63, 3.8) is 0 Å². The van der Waals surface area contributed by atoms with Crippen molar-refractivity contribution in [1.82, 2.24) is 14.8 Å². The molecule has 102 valence electrons. The predicted molar refractivity (Wildman–Crippen MR) is 84.0 cm³/mol. The van der Waals surface area contributed by atoms with E-state index in [2.05, 4.69) is 57.0 Å². The molecule has 0 radical (unpaired) electrons. The van der Waals surface area contributed by atoms with Gasteiger partial charge in [-0.05, 0) is 43.8 Å². The molecule has 0 saturated carbocycles. The fourth-order valence-corrected chi connectivity index (χ4v) is 2.57. The lowest BCUT2D eigenvalue weighted by molar-refractivity contribution is 0.583. The molecule has 0 amide bonds. The molecule has 1 N–H and O–H groups in total. The molecular formula is C13H17BrN4S. The number of aromatic amines is 1. The number of halogens is 1. The van der Waals surface area contributed by atoms with Crippen LogP contribution in [0.4, 0.5) is 5.95 Å². The van der Waals surface area contributed by atoms with Crippen LogP contribution in [0.2, 0.25) is 0 Å². The molecule has 2 aromatic rings. The summed E-state index contributed by atoms with van der Waals surface area (Å²) in [6.07, 6.45) is 0. The lowest BCUT2D eigenvalue weighted by atomic mass is 10.2. The highest BCUT2D eigenvalue weighted by Crippen LogP contribution is 2.19. The molecule has 1 aromatic carbocycles. The summed E-state index contributed by atoms with van der Waals surface area (Å²) in [7, 11) is 2.02. The summed E-state index contributed by atoms with van der Waals surface area (Å²) in [4.78, 5) is 2.09. The summed E-state index contributed by atoms with van der Waals surface area (Å²) in [5, 5.41) is 7.17. The van der Waals surface area contributed by atoms with Gasteiger partial charge in [-0.15, -0.1) is 5.10 Å². The molecule has 0 unspecified atom stereocenters. The number of hydrogen-bond acceptors (Lipinski definition) is 3. The molecule has 0 saturated heterocycles. The third-order valence-electron chi connectivity index (χ3n) is 2.88. The number of nitrogens with one attached hydrogen (secondary N) is 1. The Balaban J connectivity index is 2.23. The van der Waals surface area contributed by atoms with E-state index >= 15 is 0 Å². The SMILES string of the molecule is CC(C)n1c(N(C)Cc2ccc(Br)cc2)n[nH]c1=S. The molecule has 0 aliphatic heterocycles. The van der Waals surface area contributed by atoms with Crippen LogP contribution in [0.1, 0.15) is 25.5 Å². The maximum atomic E-state index is 5.26. The Hall–Kier alpha value is -1.14. The first-order valence-electron chi connectivity index (χ1n) is 6.11. The molecule has 0 bridgehead atoms. The van der Waals surface area contributed by atoms with Crippen molar-refractivity contribution >= 4 is 34.1 Å². The van der Waals surface area contributed by atoms with Crippen LogP contribution in [0.5, 0.6) is 0 Å². The van der Waals surface area contributed by atoms with E-state index in [4.69, 9.17) is 12.2 Å². The fourth-order valence-electron chi connectivity index (χ4n) is 1.97. The third-order valence-corrected chi connectivity index (χ3v) is 3.69. The van der Waals surface area contributed by atoms with Crippen LogP contribution >= 0.6 is 28.1 Å². The molecular weight excluding hydrogens is 324 g/mol. The van der Waals surface area contributed by atoms with Crippen molar-refractivity contribution in [3.8, 4) is 0 Å². The Morgan fingerprint density at radius 2 is 2.00 bits per heavy atom. The summed E-state index contributed by atoms with van der Waals surface area (Å²) < 4.78 is 3.77. The van der Waals surface area contributed by atoms with E-state index in [0.29, 0.717) is 4.77 Å². The molecule has 4 nitrogen and oxygen atoms in total. The van der Waals surface area contributed by atoms with E-state index in [1.165, 1.54) is 5.56 Å². The van der Waals surface area contributed by atoms with Gasteiger partial charge in [0.05, 0.1) is 0 Å². The van der Waals surface area contributed by atoms with Crippen LogP contribution < -0.4 is 4.90 Å². The van der Waals surface area contributed by atoms with Crippen LogP contribution in [0, 0.1) is 4.77 Å². The quantitative estimate of drug-likeness (QED) is 0.857. The largest absolute Gasteiger partial charge is 0.340 e. The van der Waals surface area contributed by atoms with E-state index in [0.717, 1.165) is 17.0 Å². The maximum absolute atomic E-state index is 5.26. The molecule has 1 aromatic heterocycles. The number of hydrogen-bond donors (Lipinski definition) is 1. The summed E-state index contributed by atoms with van der Waals surface area (Å²) in [6, 6.07) is 8.57. The zero-order valence-corrected chi connectivity index (χ0v) is 13.6. The van der Waals surface area contributed by atoms with Crippen LogP contribution in [-0.4, -0.2) is 21.8 Å². The Labute approximate surface area is 126 Å². The van der Waals surface area contributed by atoms with Crippen molar-refractivity contribution in [1.29, 1.82) is 0 Å². The first-order valence-corrected chi connectivity index (χ1v) is 7.31. The Bertz CT molecular complexity index is 600. The van der Waals surface area contributed by atoms with Gasteiger partial charge in [0, 0.05) is 24.1 Å². The van der Waals surface area contributed by atoms with Gasteiger partial charge in [-0.3, -0.25) is 4.57 Å². The van der Waals surface area contributed by atoms with Gasteiger partial charge in [0.25, 0.3) is 0 Å². The molecule has 6 heteroatoms. The van der Waals surface area contributed by atoms with Gasteiger partial charge in [-0.1, -0.05) is 28.1 Å². The van der Waals surface area contributed by atoms with Gasteiger partial charge in [-0.25, -0.2) is 5.10 Å². The number of benzene rings is 1. The zero-order chi connectivity index (χ0) is 14.0. The summed E-state index contributed by atoms with van der Waals surface area (Å²) in [6.45, 7) is 4.99. The van der Waals surface area contributed by atoms with E-state index in [1.807, 2.05) is 23.7 Å². The van der Waals surface area contributed by atoms with Crippen LogP contribution in [0.25, 0.3) is 0 Å². The standard InChI is InChI=1S/C13H17BrN4S/c1-9(2)18-12(15-16-13(18)19)17(3)8-10-4-6-11(14)7-5-10/h4-7,9H,8H2,1-3H3,(H,16,19). The normalized spacial score (nSPS) is 11.0. The van der Waals surface area contributed by atoms with Gasteiger partial charge in [-0.2, -0.15) is 0 Å². The smallest absolute Gasteiger partial charge is 0.226 e. The number of anilines is 1. The van der Waals surface area contributed by atoms with E-state index in [9.17, 15) is 0 Å². The number of nitrogens with zero attached hydrogens (tertiary/aromatic N) is 3. The van der Waals surface area contributed by atoms with Gasteiger partial charge < -0.3 is 4.90 Å². The molecule has 0 spiro atoms. The third kappa shape index (κ3) is 3.25. The van der Waals surface area contributed by atoms with E-state index in [1.54, 1.807) is 0 Å². The lowest BCUT2D eigenvalue weighted by Gasteiger charge is -2.20. The van der Waals surface area contributed by atoms with Crippen molar-refractivity contribution in [3.05, 3.63) is 39.1 Å². The van der Waals surface area contributed by atoms with Crippen molar-refractivity contribution < 1.29 is 0 Å². The van der Waals surface area contributed by atoms with Crippen LogP contribution in [0.3, 0.4) is 0 Å². The van der Waals surface area contributed by atoms with Crippen molar-refractivity contribution in [2.24, 2.45) is 0 Å². The fraction of sp³-hybridized carbons (Fsp3) is 0.385. The van der Waals surface area contributed by atoms with Crippen LogP contribution in [-0.2, 0) is 6.54 Å². The summed E-state index contributed by atoms with van der Waals surface area (Å²) in [5.41, 5.74) is 1.23. The molecule has 1 heterocycles. The number of rotatable bonds is 4. The van der Waals surface area contributed by atoms with Crippen molar-refractivity contribution in [2.45, 2.75) is 26.4 Å². The minimum Gasteiger partial charge on any atom is -0.340 e. The Morgan fingerprint density at radius 3 is 2.58 bits per heavy atom. The molecule has 0 aliphatic rings. The minimum atomic E-state index is 0.286. The van der Waals surface area contributed by atoms with Gasteiger partial charge in [0.15, 0.2) is 4.77 Å². The predicted octanol–water partition coefficient (Wildman–Crippen LogP) is 3.92. The molecule has 0 atom stereocenters. The van der Waals surface area contributed by atoms with Crippen molar-refractivity contribution in [2.75, 3.05) is 11.9 Å². The molecule has 0 fully saturated rings. The first kappa shape index (κ1) is 14.3. The highest BCUT2D eigenvalue weighted by molar-refractivity contribution is 9.10. The second-order valence-corrected chi connectivity index (χ2v) is 6.08. The number of H-pyrrole nitrogens is 1. The topological polar surface area (TPSA) is 36.9 Å². The number of aromatic nitrogens is 3. The maximum Gasteiger partial charge on any atom is 0.226 e. The monoisotopic (exact) mass is 340 g/mol. The van der Waals surface area contributed by atoms with E-state index in [-0.39, 0.29) is 6.04 Å². The summed E-state index contributed by atoms with van der Waals surface area (Å²) >= 11 is 8.70. The highest BCUT2D eigenvalue weighted by atomic mass is 79.9. The lowest BCUT2D eigenvalue weighted by Crippen LogP contribution is -2.21. The van der Waals surface area contributed by atoms with E-state index < -0.39 is 0 Å². The van der Waals surface area contributed by atoms with Crippen LogP contribution in [0.15, 0.2) is 28.7 Å². The minimum absolute atomic E-state index is 0.286. The van der Waals surface area contributed by atoms with Gasteiger partial charge >= 0.3 is 0 Å². The molecule has 0 aliphatic carbocycles. The highest BCUT2D eigenvalue weighted by Gasteiger charge is 2.13. The second-order valence-electron chi connectivity index (χ2n) is 4.78.